The van der Waals surface area contributed by atoms with Crippen molar-refractivity contribution < 1.29 is 9.53 Å². The van der Waals surface area contributed by atoms with Crippen LogP contribution in [-0.2, 0) is 11.2 Å². The van der Waals surface area contributed by atoms with E-state index in [1.807, 2.05) is 31.2 Å². The van der Waals surface area contributed by atoms with E-state index in [9.17, 15) is 4.79 Å². The third-order valence-electron chi connectivity index (χ3n) is 2.41. The van der Waals surface area contributed by atoms with Crippen LogP contribution < -0.4 is 16.0 Å². The smallest absolute Gasteiger partial charge is 0.274 e. The van der Waals surface area contributed by atoms with E-state index in [2.05, 4.69) is 12.0 Å². The zero-order valence-corrected chi connectivity index (χ0v) is 9.98. The van der Waals surface area contributed by atoms with Crippen molar-refractivity contribution in [2.75, 3.05) is 0 Å². The van der Waals surface area contributed by atoms with E-state index in [-0.39, 0.29) is 5.91 Å². The van der Waals surface area contributed by atoms with Crippen molar-refractivity contribution in [3.05, 3.63) is 42.5 Å². The van der Waals surface area contributed by atoms with Crippen LogP contribution in [0.2, 0.25) is 0 Å². The molecule has 3 N–H and O–H groups in total. The van der Waals surface area contributed by atoms with Crippen molar-refractivity contribution in [3.8, 4) is 5.75 Å². The Morgan fingerprint density at radius 3 is 2.88 bits per heavy atom. The van der Waals surface area contributed by atoms with Crippen LogP contribution in [0, 0.1) is 0 Å². The molecule has 0 unspecified atom stereocenters. The summed E-state index contributed by atoms with van der Waals surface area (Å²) in [5.41, 5.74) is 3.11. The molecule has 0 radical (unpaired) electrons. The van der Waals surface area contributed by atoms with Crippen molar-refractivity contribution >= 4 is 5.91 Å². The summed E-state index contributed by atoms with van der Waals surface area (Å²) in [6.07, 6.45) is 2.50. The second-order valence-electron chi connectivity index (χ2n) is 3.62. The lowest BCUT2D eigenvalue weighted by atomic mass is 10.1. The van der Waals surface area contributed by atoms with Crippen molar-refractivity contribution in [2.45, 2.75) is 25.9 Å². The van der Waals surface area contributed by atoms with E-state index in [1.165, 1.54) is 0 Å². The van der Waals surface area contributed by atoms with E-state index in [0.717, 1.165) is 5.56 Å². The molecule has 1 aromatic carbocycles. The summed E-state index contributed by atoms with van der Waals surface area (Å²) in [7, 11) is 0. The standard InChI is InChI=1S/C13H18N2O2/c1-3-7-10-8-5-6-9-12(10)17-11(4-2)13(16)15-14/h3,5-6,8-9,11H,1,4,7,14H2,2H3,(H,15,16)/t11-/m1/s1. The molecule has 92 valence electrons. The first-order valence-corrected chi connectivity index (χ1v) is 5.58. The number of allylic oxidation sites excluding steroid dienone is 1. The fraction of sp³-hybridized carbons (Fsp3) is 0.308. The maximum atomic E-state index is 11.4. The largest absolute Gasteiger partial charge is 0.480 e. The molecule has 0 saturated carbocycles. The van der Waals surface area contributed by atoms with E-state index >= 15 is 0 Å². The van der Waals surface area contributed by atoms with Crippen molar-refractivity contribution in [3.63, 3.8) is 0 Å². The summed E-state index contributed by atoms with van der Waals surface area (Å²) in [4.78, 5) is 11.4. The molecule has 1 aromatic rings. The Morgan fingerprint density at radius 1 is 1.59 bits per heavy atom. The summed E-state index contributed by atoms with van der Waals surface area (Å²) in [5, 5.41) is 0. The molecule has 17 heavy (non-hydrogen) atoms. The predicted octanol–water partition coefficient (Wildman–Crippen LogP) is 1.56. The summed E-state index contributed by atoms with van der Waals surface area (Å²) in [5.74, 6) is 5.48. The summed E-state index contributed by atoms with van der Waals surface area (Å²) < 4.78 is 5.66. The number of hydrogen-bond donors (Lipinski definition) is 2. The van der Waals surface area contributed by atoms with Gasteiger partial charge >= 0.3 is 0 Å². The van der Waals surface area contributed by atoms with E-state index in [4.69, 9.17) is 10.6 Å². The number of para-hydroxylation sites is 1. The van der Waals surface area contributed by atoms with Gasteiger partial charge in [-0.1, -0.05) is 31.2 Å². The topological polar surface area (TPSA) is 64.3 Å². The van der Waals surface area contributed by atoms with E-state index < -0.39 is 6.10 Å². The zero-order valence-electron chi connectivity index (χ0n) is 9.98. The minimum absolute atomic E-state index is 0.319. The van der Waals surface area contributed by atoms with Crippen LogP contribution in [-0.4, -0.2) is 12.0 Å². The Labute approximate surface area is 101 Å². The molecule has 4 nitrogen and oxygen atoms in total. The van der Waals surface area contributed by atoms with Crippen molar-refractivity contribution in [1.82, 2.24) is 5.43 Å². The monoisotopic (exact) mass is 234 g/mol. The van der Waals surface area contributed by atoms with Gasteiger partial charge in [-0.2, -0.15) is 0 Å². The highest BCUT2D eigenvalue weighted by molar-refractivity contribution is 5.80. The lowest BCUT2D eigenvalue weighted by Gasteiger charge is -2.17. The van der Waals surface area contributed by atoms with Crippen molar-refractivity contribution in [1.29, 1.82) is 0 Å². The molecular weight excluding hydrogens is 216 g/mol. The van der Waals surface area contributed by atoms with Gasteiger partial charge in [0.25, 0.3) is 5.91 Å². The Morgan fingerprint density at radius 2 is 2.29 bits per heavy atom. The normalized spacial score (nSPS) is 11.6. The SMILES string of the molecule is C=CCc1ccccc1O[C@H](CC)C(=O)NN. The van der Waals surface area contributed by atoms with Crippen LogP contribution >= 0.6 is 0 Å². The van der Waals surface area contributed by atoms with Crippen LogP contribution in [0.15, 0.2) is 36.9 Å². The fourth-order valence-corrected chi connectivity index (χ4v) is 1.51. The van der Waals surface area contributed by atoms with E-state index in [0.29, 0.717) is 18.6 Å². The highest BCUT2D eigenvalue weighted by Crippen LogP contribution is 2.20. The molecule has 0 aliphatic heterocycles. The third-order valence-corrected chi connectivity index (χ3v) is 2.41. The number of rotatable bonds is 6. The predicted molar refractivity (Wildman–Crippen MR) is 67.4 cm³/mol. The molecule has 0 aliphatic rings. The van der Waals surface area contributed by atoms with Gasteiger partial charge in [0.2, 0.25) is 0 Å². The Kier molecular flexibility index (Phi) is 5.23. The zero-order chi connectivity index (χ0) is 12.7. The molecule has 1 atom stereocenters. The Bertz CT molecular complexity index is 391. The summed E-state index contributed by atoms with van der Waals surface area (Å²) in [6, 6.07) is 7.58. The first-order chi connectivity index (χ1) is 8.22. The van der Waals surface area contributed by atoms with Crippen LogP contribution in [0.5, 0.6) is 5.75 Å². The number of carbonyl (C=O) groups is 1. The van der Waals surface area contributed by atoms with Gasteiger partial charge in [-0.15, -0.1) is 6.58 Å². The number of nitrogens with two attached hydrogens (primary N) is 1. The van der Waals surface area contributed by atoms with Gasteiger partial charge in [0.1, 0.15) is 5.75 Å². The minimum atomic E-state index is -0.564. The average molecular weight is 234 g/mol. The number of nitrogens with one attached hydrogen (secondary N) is 1. The van der Waals surface area contributed by atoms with E-state index in [1.54, 1.807) is 6.08 Å². The molecule has 0 spiro atoms. The molecule has 0 saturated heterocycles. The van der Waals surface area contributed by atoms with Gasteiger partial charge in [0, 0.05) is 0 Å². The molecule has 0 fully saturated rings. The number of hydrogen-bond acceptors (Lipinski definition) is 3. The summed E-state index contributed by atoms with van der Waals surface area (Å²) >= 11 is 0. The summed E-state index contributed by atoms with van der Waals surface area (Å²) in [6.45, 7) is 5.56. The third kappa shape index (κ3) is 3.60. The molecule has 0 heterocycles. The van der Waals surface area contributed by atoms with Crippen molar-refractivity contribution in [2.24, 2.45) is 5.84 Å². The molecule has 0 aliphatic carbocycles. The first-order valence-electron chi connectivity index (χ1n) is 5.58. The van der Waals surface area contributed by atoms with Crippen LogP contribution in [0.1, 0.15) is 18.9 Å². The van der Waals surface area contributed by atoms with Gasteiger partial charge in [-0.25, -0.2) is 5.84 Å². The van der Waals surface area contributed by atoms with Gasteiger partial charge in [0.05, 0.1) is 0 Å². The number of benzene rings is 1. The maximum absolute atomic E-state index is 11.4. The lowest BCUT2D eigenvalue weighted by Crippen LogP contribution is -2.41. The lowest BCUT2D eigenvalue weighted by molar-refractivity contribution is -0.128. The first kappa shape index (κ1) is 13.3. The second kappa shape index (κ2) is 6.70. The Balaban J connectivity index is 2.85. The van der Waals surface area contributed by atoms with Crippen LogP contribution in [0.25, 0.3) is 0 Å². The quantitative estimate of drug-likeness (QED) is 0.340. The van der Waals surface area contributed by atoms with Gasteiger partial charge in [0.15, 0.2) is 6.10 Å². The molecule has 0 bridgehead atoms. The number of amides is 1. The van der Waals surface area contributed by atoms with Crippen LogP contribution in [0.3, 0.4) is 0 Å². The highest BCUT2D eigenvalue weighted by Gasteiger charge is 2.17. The average Bonchev–Trinajstić information content (AvgIpc) is 2.37. The molecule has 4 heteroatoms. The van der Waals surface area contributed by atoms with Gasteiger partial charge in [-0.3, -0.25) is 10.2 Å². The number of carbonyl (C=O) groups excluding carboxylic acids is 1. The van der Waals surface area contributed by atoms with Crippen LogP contribution in [0.4, 0.5) is 0 Å². The number of hydrazine groups is 1. The molecule has 1 rings (SSSR count). The number of ether oxygens (including phenoxy) is 1. The highest BCUT2D eigenvalue weighted by atomic mass is 16.5. The second-order valence-corrected chi connectivity index (χ2v) is 3.62. The molecular formula is C13H18N2O2. The Hall–Kier alpha value is -1.81. The molecule has 1 amide bonds. The minimum Gasteiger partial charge on any atom is -0.480 e. The fourth-order valence-electron chi connectivity index (χ4n) is 1.51. The van der Waals surface area contributed by atoms with Gasteiger partial charge < -0.3 is 4.74 Å². The maximum Gasteiger partial charge on any atom is 0.274 e. The molecule has 0 aromatic heterocycles. The van der Waals surface area contributed by atoms with Gasteiger partial charge in [-0.05, 0) is 24.5 Å².